The number of nitrogens with one attached hydrogen (secondary N) is 1. The van der Waals surface area contributed by atoms with Crippen LogP contribution < -0.4 is 10.4 Å². The highest BCUT2D eigenvalue weighted by molar-refractivity contribution is 6.07. The number of para-hydroxylation sites is 1. The largest absolute Gasteiger partial charge is 0.273 e. The minimum Gasteiger partial charge on any atom is -0.273 e. The molecule has 0 spiro atoms. The second kappa shape index (κ2) is 5.05. The molecular formula is C16H16N4O2. The maximum atomic E-state index is 12.8. The van der Waals surface area contributed by atoms with Gasteiger partial charge in [-0.25, -0.2) is 15.0 Å². The molecule has 1 aliphatic carbocycles. The fraction of sp³-hybridized carbons (Fsp3) is 0.375. The Morgan fingerprint density at radius 1 is 1.05 bits per heavy atom. The predicted molar refractivity (Wildman–Crippen MR) is 80.6 cm³/mol. The maximum Gasteiger partial charge on any atom is 0.251 e. The summed E-state index contributed by atoms with van der Waals surface area (Å²) in [6.07, 6.45) is 5.00. The number of anilines is 1. The molecule has 2 amide bonds. The SMILES string of the molecule is O=C1NN(c2ncnc3ccccc23)C(=O)C2CCCCC12. The van der Waals surface area contributed by atoms with Crippen LogP contribution in [-0.4, -0.2) is 21.8 Å². The van der Waals surface area contributed by atoms with E-state index in [0.29, 0.717) is 5.82 Å². The Labute approximate surface area is 127 Å². The van der Waals surface area contributed by atoms with Gasteiger partial charge in [0, 0.05) is 5.39 Å². The lowest BCUT2D eigenvalue weighted by Crippen LogP contribution is -2.60. The van der Waals surface area contributed by atoms with E-state index in [2.05, 4.69) is 15.4 Å². The van der Waals surface area contributed by atoms with Gasteiger partial charge in [0.2, 0.25) is 5.91 Å². The van der Waals surface area contributed by atoms with Gasteiger partial charge in [-0.15, -0.1) is 0 Å². The zero-order valence-corrected chi connectivity index (χ0v) is 12.0. The molecule has 1 aromatic heterocycles. The molecule has 0 radical (unpaired) electrons. The van der Waals surface area contributed by atoms with Gasteiger partial charge in [-0.3, -0.25) is 15.0 Å². The van der Waals surface area contributed by atoms with Crippen molar-refractivity contribution in [1.29, 1.82) is 0 Å². The van der Waals surface area contributed by atoms with Crippen molar-refractivity contribution in [3.63, 3.8) is 0 Å². The molecule has 112 valence electrons. The molecule has 4 rings (SSSR count). The van der Waals surface area contributed by atoms with E-state index in [1.807, 2.05) is 24.3 Å². The van der Waals surface area contributed by atoms with E-state index in [4.69, 9.17) is 0 Å². The number of nitrogens with zero attached hydrogens (tertiary/aromatic N) is 3. The number of carbonyl (C=O) groups is 2. The first-order chi connectivity index (χ1) is 10.8. The number of hydrazine groups is 1. The fourth-order valence-corrected chi connectivity index (χ4v) is 3.48. The molecule has 2 atom stereocenters. The Kier molecular flexibility index (Phi) is 3.03. The minimum absolute atomic E-state index is 0.0619. The molecule has 1 saturated heterocycles. The van der Waals surface area contributed by atoms with Gasteiger partial charge in [-0.05, 0) is 25.0 Å². The van der Waals surface area contributed by atoms with Gasteiger partial charge < -0.3 is 0 Å². The molecular weight excluding hydrogens is 280 g/mol. The Hall–Kier alpha value is -2.50. The van der Waals surface area contributed by atoms with Crippen LogP contribution in [0.3, 0.4) is 0 Å². The van der Waals surface area contributed by atoms with Crippen LogP contribution in [0.25, 0.3) is 10.9 Å². The molecule has 2 unspecified atom stereocenters. The summed E-state index contributed by atoms with van der Waals surface area (Å²) in [5.74, 6) is -0.102. The van der Waals surface area contributed by atoms with Crippen molar-refractivity contribution in [2.75, 3.05) is 5.01 Å². The van der Waals surface area contributed by atoms with E-state index in [-0.39, 0.29) is 23.7 Å². The second-order valence-corrected chi connectivity index (χ2v) is 5.86. The molecule has 1 aliphatic heterocycles. The van der Waals surface area contributed by atoms with Crippen LogP contribution in [-0.2, 0) is 9.59 Å². The first-order valence-corrected chi connectivity index (χ1v) is 7.60. The van der Waals surface area contributed by atoms with Gasteiger partial charge in [0.05, 0.1) is 17.4 Å². The highest BCUT2D eigenvalue weighted by atomic mass is 16.2. The van der Waals surface area contributed by atoms with Crippen LogP contribution >= 0.6 is 0 Å². The van der Waals surface area contributed by atoms with Gasteiger partial charge in [0.25, 0.3) is 5.91 Å². The number of carbonyl (C=O) groups excluding carboxylic acids is 2. The highest BCUT2D eigenvalue weighted by Gasteiger charge is 2.44. The summed E-state index contributed by atoms with van der Waals surface area (Å²) >= 11 is 0. The molecule has 1 aromatic carbocycles. The van der Waals surface area contributed by atoms with Crippen molar-refractivity contribution in [3.8, 4) is 0 Å². The third kappa shape index (κ3) is 1.94. The average molecular weight is 296 g/mol. The van der Waals surface area contributed by atoms with Crippen LogP contribution in [0.15, 0.2) is 30.6 Å². The smallest absolute Gasteiger partial charge is 0.251 e. The number of benzene rings is 1. The molecule has 1 N–H and O–H groups in total. The van der Waals surface area contributed by atoms with Crippen LogP contribution in [0.2, 0.25) is 0 Å². The first-order valence-electron chi connectivity index (χ1n) is 7.60. The van der Waals surface area contributed by atoms with Crippen LogP contribution in [0.4, 0.5) is 5.82 Å². The van der Waals surface area contributed by atoms with E-state index >= 15 is 0 Å². The lowest BCUT2D eigenvalue weighted by molar-refractivity contribution is -0.141. The quantitative estimate of drug-likeness (QED) is 0.871. The number of hydrogen-bond acceptors (Lipinski definition) is 4. The van der Waals surface area contributed by atoms with E-state index in [0.717, 1.165) is 36.6 Å². The fourth-order valence-electron chi connectivity index (χ4n) is 3.48. The summed E-state index contributed by atoms with van der Waals surface area (Å²) in [4.78, 5) is 33.6. The standard InChI is InChI=1S/C16H16N4O2/c21-15-10-5-1-2-6-11(10)16(22)20(19-15)14-12-7-3-4-8-13(12)17-9-18-14/h3-4,7-11H,1-2,5-6H2,(H,19,21). The van der Waals surface area contributed by atoms with E-state index < -0.39 is 0 Å². The molecule has 2 aromatic rings. The molecule has 2 fully saturated rings. The van der Waals surface area contributed by atoms with Crippen molar-refractivity contribution >= 4 is 28.5 Å². The molecule has 2 heterocycles. The average Bonchev–Trinajstić information content (AvgIpc) is 2.58. The second-order valence-electron chi connectivity index (χ2n) is 5.86. The number of fused-ring (bicyclic) bond motifs is 2. The summed E-state index contributed by atoms with van der Waals surface area (Å²) < 4.78 is 0. The normalized spacial score (nSPS) is 25.0. The predicted octanol–water partition coefficient (Wildman–Crippen LogP) is 1.81. The topological polar surface area (TPSA) is 75.2 Å². The molecule has 6 nitrogen and oxygen atoms in total. The van der Waals surface area contributed by atoms with Gasteiger partial charge in [-0.2, -0.15) is 0 Å². The minimum atomic E-state index is -0.226. The van der Waals surface area contributed by atoms with Crippen molar-refractivity contribution in [2.24, 2.45) is 11.8 Å². The molecule has 22 heavy (non-hydrogen) atoms. The molecule has 0 bridgehead atoms. The summed E-state index contributed by atoms with van der Waals surface area (Å²) in [5, 5.41) is 2.08. The Morgan fingerprint density at radius 2 is 1.82 bits per heavy atom. The monoisotopic (exact) mass is 296 g/mol. The number of rotatable bonds is 1. The maximum absolute atomic E-state index is 12.8. The van der Waals surface area contributed by atoms with Crippen molar-refractivity contribution in [3.05, 3.63) is 30.6 Å². The van der Waals surface area contributed by atoms with Crippen LogP contribution in [0, 0.1) is 11.8 Å². The highest BCUT2D eigenvalue weighted by Crippen LogP contribution is 2.36. The first kappa shape index (κ1) is 13.2. The Balaban J connectivity index is 1.78. The van der Waals surface area contributed by atoms with E-state index in [9.17, 15) is 9.59 Å². The van der Waals surface area contributed by atoms with Crippen LogP contribution in [0.1, 0.15) is 25.7 Å². The lowest BCUT2D eigenvalue weighted by atomic mass is 9.77. The Bertz CT molecular complexity index is 755. The third-order valence-corrected chi connectivity index (χ3v) is 4.60. The van der Waals surface area contributed by atoms with Gasteiger partial charge in [-0.1, -0.05) is 25.0 Å². The summed E-state index contributed by atoms with van der Waals surface area (Å²) in [6, 6.07) is 7.47. The van der Waals surface area contributed by atoms with E-state index in [1.54, 1.807) is 0 Å². The van der Waals surface area contributed by atoms with Gasteiger partial charge >= 0.3 is 0 Å². The molecule has 6 heteroatoms. The third-order valence-electron chi connectivity index (χ3n) is 4.60. The lowest BCUT2D eigenvalue weighted by Gasteiger charge is -2.39. The van der Waals surface area contributed by atoms with Crippen molar-refractivity contribution < 1.29 is 9.59 Å². The summed E-state index contributed by atoms with van der Waals surface area (Å²) in [7, 11) is 0. The number of amides is 2. The molecule has 1 saturated carbocycles. The van der Waals surface area contributed by atoms with Crippen LogP contribution in [0.5, 0.6) is 0 Å². The summed E-state index contributed by atoms with van der Waals surface area (Å²) in [5.41, 5.74) is 3.48. The van der Waals surface area contributed by atoms with Crippen molar-refractivity contribution in [1.82, 2.24) is 15.4 Å². The van der Waals surface area contributed by atoms with Gasteiger partial charge in [0.15, 0.2) is 5.82 Å². The zero-order chi connectivity index (χ0) is 15.1. The number of aromatic nitrogens is 2. The zero-order valence-electron chi connectivity index (χ0n) is 12.0. The Morgan fingerprint density at radius 3 is 2.68 bits per heavy atom. The van der Waals surface area contributed by atoms with Gasteiger partial charge in [0.1, 0.15) is 6.33 Å². The molecule has 2 aliphatic rings. The summed E-state index contributed by atoms with van der Waals surface area (Å²) in [6.45, 7) is 0. The number of hydrogen-bond donors (Lipinski definition) is 1. The van der Waals surface area contributed by atoms with Crippen molar-refractivity contribution in [2.45, 2.75) is 25.7 Å². The van der Waals surface area contributed by atoms with E-state index in [1.165, 1.54) is 11.3 Å².